The van der Waals surface area contributed by atoms with E-state index < -0.39 is 23.8 Å². The SMILES string of the molecule is Cc1c(/C=C/c2cc(OCc3cc(I)ccn3)c(CN3CCCC[C@H]3C(=O)O)cc2C(F)(F)F)cccc1-c1ccccc1. The number of pyridine rings is 1. The van der Waals surface area contributed by atoms with E-state index in [9.17, 15) is 23.1 Å². The van der Waals surface area contributed by atoms with Gasteiger partial charge in [0.25, 0.3) is 0 Å². The van der Waals surface area contributed by atoms with Crippen LogP contribution in [0.25, 0.3) is 23.3 Å². The smallest absolute Gasteiger partial charge is 0.417 e. The van der Waals surface area contributed by atoms with E-state index in [1.807, 2.05) is 67.6 Å². The van der Waals surface area contributed by atoms with Crippen LogP contribution in [0.15, 0.2) is 79.0 Å². The number of carbonyl (C=O) groups is 1. The van der Waals surface area contributed by atoms with Crippen molar-refractivity contribution in [3.8, 4) is 16.9 Å². The molecule has 0 amide bonds. The summed E-state index contributed by atoms with van der Waals surface area (Å²) in [5, 5.41) is 9.78. The molecule has 0 unspecified atom stereocenters. The molecule has 3 aromatic carbocycles. The Balaban J connectivity index is 1.55. The van der Waals surface area contributed by atoms with Crippen molar-refractivity contribution in [3.05, 3.63) is 116 Å². The van der Waals surface area contributed by atoms with E-state index in [0.29, 0.717) is 18.7 Å². The van der Waals surface area contributed by atoms with Gasteiger partial charge in [-0.15, -0.1) is 0 Å². The summed E-state index contributed by atoms with van der Waals surface area (Å²) in [6, 6.07) is 21.0. The average Bonchev–Trinajstić information content (AvgIpc) is 3.00. The number of piperidine rings is 1. The van der Waals surface area contributed by atoms with Gasteiger partial charge in [0.05, 0.1) is 11.3 Å². The molecule has 44 heavy (non-hydrogen) atoms. The van der Waals surface area contributed by atoms with Crippen LogP contribution in [0, 0.1) is 10.5 Å². The highest BCUT2D eigenvalue weighted by Gasteiger charge is 2.35. The number of rotatable bonds is 9. The molecule has 1 aliphatic rings. The Morgan fingerprint density at radius 3 is 2.55 bits per heavy atom. The Morgan fingerprint density at radius 1 is 1.05 bits per heavy atom. The van der Waals surface area contributed by atoms with Gasteiger partial charge in [-0.05, 0) is 101 Å². The highest BCUT2D eigenvalue weighted by molar-refractivity contribution is 14.1. The van der Waals surface area contributed by atoms with Crippen LogP contribution in [0.4, 0.5) is 13.2 Å². The molecule has 2 heterocycles. The normalized spacial score (nSPS) is 15.9. The Hall–Kier alpha value is -3.70. The van der Waals surface area contributed by atoms with Crippen LogP contribution in [0.2, 0.25) is 0 Å². The Labute approximate surface area is 268 Å². The van der Waals surface area contributed by atoms with Crippen molar-refractivity contribution in [3.63, 3.8) is 0 Å². The number of carboxylic acids is 1. The molecule has 0 bridgehead atoms. The predicted molar refractivity (Wildman–Crippen MR) is 174 cm³/mol. The van der Waals surface area contributed by atoms with Crippen LogP contribution in [-0.2, 0) is 24.1 Å². The molecular weight excluding hydrogens is 680 g/mol. The zero-order chi connectivity index (χ0) is 31.3. The van der Waals surface area contributed by atoms with Crippen molar-refractivity contribution in [1.29, 1.82) is 0 Å². The number of likely N-dealkylation sites (tertiary alicyclic amines) is 1. The summed E-state index contributed by atoms with van der Waals surface area (Å²) in [6.07, 6.45) is 2.17. The molecule has 1 aromatic heterocycles. The van der Waals surface area contributed by atoms with Crippen LogP contribution in [0.5, 0.6) is 5.75 Å². The Kier molecular flexibility index (Phi) is 10.1. The second kappa shape index (κ2) is 13.9. The van der Waals surface area contributed by atoms with E-state index >= 15 is 0 Å². The molecular formula is C35H32F3IN2O3. The van der Waals surface area contributed by atoms with E-state index in [0.717, 1.165) is 44.7 Å². The number of ether oxygens (including phenoxy) is 1. The van der Waals surface area contributed by atoms with Gasteiger partial charge in [0.1, 0.15) is 18.4 Å². The monoisotopic (exact) mass is 712 g/mol. The molecule has 1 saturated heterocycles. The summed E-state index contributed by atoms with van der Waals surface area (Å²) in [6.45, 7) is 2.52. The minimum Gasteiger partial charge on any atom is -0.487 e. The molecule has 9 heteroatoms. The predicted octanol–water partition coefficient (Wildman–Crippen LogP) is 8.87. The van der Waals surface area contributed by atoms with Gasteiger partial charge in [0.2, 0.25) is 0 Å². The highest BCUT2D eigenvalue weighted by Crippen LogP contribution is 2.38. The zero-order valence-corrected chi connectivity index (χ0v) is 26.3. The Bertz CT molecular complexity index is 1660. The van der Waals surface area contributed by atoms with Crippen LogP contribution in [0.3, 0.4) is 0 Å². The topological polar surface area (TPSA) is 62.7 Å². The first-order chi connectivity index (χ1) is 21.1. The molecule has 1 atom stereocenters. The molecule has 1 fully saturated rings. The fourth-order valence-electron chi connectivity index (χ4n) is 5.58. The van der Waals surface area contributed by atoms with E-state index in [-0.39, 0.29) is 30.0 Å². The second-order valence-electron chi connectivity index (χ2n) is 10.8. The van der Waals surface area contributed by atoms with Crippen molar-refractivity contribution >= 4 is 40.7 Å². The van der Waals surface area contributed by atoms with Crippen molar-refractivity contribution in [2.24, 2.45) is 0 Å². The minimum atomic E-state index is -4.64. The lowest BCUT2D eigenvalue weighted by atomic mass is 9.95. The summed E-state index contributed by atoms with van der Waals surface area (Å²) in [4.78, 5) is 18.0. The number of hydrogen-bond donors (Lipinski definition) is 1. The van der Waals surface area contributed by atoms with Gasteiger partial charge in [0, 0.05) is 21.9 Å². The first-order valence-corrected chi connectivity index (χ1v) is 15.5. The first-order valence-electron chi connectivity index (χ1n) is 14.4. The minimum absolute atomic E-state index is 0.0252. The molecule has 1 N–H and O–H groups in total. The van der Waals surface area contributed by atoms with Gasteiger partial charge in [-0.25, -0.2) is 0 Å². The van der Waals surface area contributed by atoms with Crippen LogP contribution < -0.4 is 4.74 Å². The number of halogens is 4. The van der Waals surface area contributed by atoms with E-state index in [1.165, 1.54) is 12.1 Å². The van der Waals surface area contributed by atoms with E-state index in [4.69, 9.17) is 4.74 Å². The van der Waals surface area contributed by atoms with Gasteiger partial charge in [-0.2, -0.15) is 13.2 Å². The maximum Gasteiger partial charge on any atom is 0.417 e. The second-order valence-corrected chi connectivity index (χ2v) is 12.1. The number of alkyl halides is 3. The molecule has 5 nitrogen and oxygen atoms in total. The summed E-state index contributed by atoms with van der Waals surface area (Å²) in [7, 11) is 0. The number of benzene rings is 3. The molecule has 0 saturated carbocycles. The van der Waals surface area contributed by atoms with Crippen molar-refractivity contribution in [2.45, 2.75) is 51.6 Å². The van der Waals surface area contributed by atoms with Gasteiger partial charge in [-0.3, -0.25) is 14.7 Å². The van der Waals surface area contributed by atoms with Gasteiger partial charge in [-0.1, -0.05) is 67.1 Å². The van der Waals surface area contributed by atoms with Crippen LogP contribution >= 0.6 is 22.6 Å². The summed E-state index contributed by atoms with van der Waals surface area (Å²) >= 11 is 2.16. The lowest BCUT2D eigenvalue weighted by molar-refractivity contribution is -0.145. The fraction of sp³-hybridized carbons (Fsp3) is 0.257. The third-order valence-electron chi connectivity index (χ3n) is 7.87. The maximum absolute atomic E-state index is 14.5. The standard InChI is InChI=1S/C35H32F3IN2O3/c1-23-24(10-7-11-30(23)25-8-3-2-4-9-25)13-14-26-19-33(44-22-29-20-28(39)15-16-40-29)27(18-31(26)35(36,37)38)21-41-17-6-5-12-32(41)34(42)43/h2-4,7-11,13-16,18-20,32H,5-6,12,17,21-22H2,1H3,(H,42,43)/b14-13+/t32-/m0/s1. The van der Waals surface area contributed by atoms with E-state index in [2.05, 4.69) is 27.6 Å². The molecule has 5 rings (SSSR count). The molecule has 1 aliphatic heterocycles. The summed E-state index contributed by atoms with van der Waals surface area (Å²) in [5.41, 5.74) is 3.86. The number of hydrogen-bond acceptors (Lipinski definition) is 4. The largest absolute Gasteiger partial charge is 0.487 e. The molecule has 0 radical (unpaired) electrons. The summed E-state index contributed by atoms with van der Waals surface area (Å²) in [5.74, 6) is -0.707. The van der Waals surface area contributed by atoms with Gasteiger partial charge >= 0.3 is 12.1 Å². The van der Waals surface area contributed by atoms with Crippen molar-refractivity contribution in [2.75, 3.05) is 6.54 Å². The fourth-order valence-corrected chi connectivity index (χ4v) is 6.10. The summed E-state index contributed by atoms with van der Waals surface area (Å²) < 4.78 is 50.7. The average molecular weight is 713 g/mol. The van der Waals surface area contributed by atoms with Gasteiger partial charge in [0.15, 0.2) is 0 Å². The quantitative estimate of drug-likeness (QED) is 0.139. The third kappa shape index (κ3) is 7.68. The lowest BCUT2D eigenvalue weighted by Gasteiger charge is -2.33. The van der Waals surface area contributed by atoms with Crippen LogP contribution in [-0.4, -0.2) is 33.5 Å². The van der Waals surface area contributed by atoms with Gasteiger partial charge < -0.3 is 9.84 Å². The molecule has 0 spiro atoms. The van der Waals surface area contributed by atoms with Crippen LogP contribution in [0.1, 0.15) is 52.8 Å². The zero-order valence-electron chi connectivity index (χ0n) is 24.2. The maximum atomic E-state index is 14.5. The third-order valence-corrected chi connectivity index (χ3v) is 8.54. The molecule has 228 valence electrons. The number of carboxylic acid groups (broad SMARTS) is 1. The number of aliphatic carboxylic acids is 1. The van der Waals surface area contributed by atoms with Crippen molar-refractivity contribution in [1.82, 2.24) is 9.88 Å². The first kappa shape index (κ1) is 31.7. The lowest BCUT2D eigenvalue weighted by Crippen LogP contribution is -2.44. The number of nitrogens with zero attached hydrogens (tertiary/aromatic N) is 2. The Morgan fingerprint density at radius 2 is 1.82 bits per heavy atom. The highest BCUT2D eigenvalue weighted by atomic mass is 127. The van der Waals surface area contributed by atoms with E-state index in [1.54, 1.807) is 17.2 Å². The molecule has 0 aliphatic carbocycles. The number of aromatic nitrogens is 1. The molecule has 4 aromatic rings. The van der Waals surface area contributed by atoms with Crippen molar-refractivity contribution < 1.29 is 27.8 Å².